The second-order valence-corrected chi connectivity index (χ2v) is 13.3. The molecule has 0 radical (unpaired) electrons. The Labute approximate surface area is 148 Å². The second kappa shape index (κ2) is 12.1. The Kier molecular flexibility index (Phi) is 12.0. The maximum atomic E-state index is 6.72. The largest absolute Gasteiger partial charge is 0.414 e. The predicted molar refractivity (Wildman–Crippen MR) is 107 cm³/mol. The molecule has 2 heteroatoms. The molecule has 0 bridgehead atoms. The van der Waals surface area contributed by atoms with Crippen LogP contribution in [-0.4, -0.2) is 14.4 Å². The van der Waals surface area contributed by atoms with Gasteiger partial charge in [-0.25, -0.2) is 0 Å². The summed E-state index contributed by atoms with van der Waals surface area (Å²) in [6, 6.07) is 0. The van der Waals surface area contributed by atoms with E-state index in [1.165, 1.54) is 64.2 Å². The number of unbranched alkanes of at least 4 members (excludes halogenated alkanes) is 7. The highest BCUT2D eigenvalue weighted by atomic mass is 28.4. The number of rotatable bonds is 13. The van der Waals surface area contributed by atoms with E-state index in [2.05, 4.69) is 46.7 Å². The molecule has 0 saturated carbocycles. The zero-order valence-electron chi connectivity index (χ0n) is 16.8. The molecule has 0 rings (SSSR count). The SMILES string of the molecule is C#CCCCCCC[C@H](CCCCCC)O[Si](C)(C)C(C)(C)C. The molecular formula is C21H42OSi. The zero-order chi connectivity index (χ0) is 17.8. The molecule has 0 unspecified atom stereocenters. The van der Waals surface area contributed by atoms with Crippen molar-refractivity contribution >= 4 is 8.32 Å². The summed E-state index contributed by atoms with van der Waals surface area (Å²) in [7, 11) is -1.64. The lowest BCUT2D eigenvalue weighted by atomic mass is 10.0. The second-order valence-electron chi connectivity index (χ2n) is 8.51. The van der Waals surface area contributed by atoms with Gasteiger partial charge in [0, 0.05) is 12.5 Å². The third-order valence-corrected chi connectivity index (χ3v) is 9.78. The summed E-state index contributed by atoms with van der Waals surface area (Å²) < 4.78 is 6.72. The minimum Gasteiger partial charge on any atom is -0.414 e. The fraction of sp³-hybridized carbons (Fsp3) is 0.905. The Morgan fingerprint density at radius 2 is 1.43 bits per heavy atom. The first kappa shape index (κ1) is 22.7. The lowest BCUT2D eigenvalue weighted by Crippen LogP contribution is -2.44. The number of hydrogen-bond donors (Lipinski definition) is 0. The van der Waals surface area contributed by atoms with Gasteiger partial charge in [-0.3, -0.25) is 0 Å². The molecule has 0 aromatic carbocycles. The number of terminal acetylenes is 1. The minimum atomic E-state index is -1.64. The van der Waals surface area contributed by atoms with Crippen molar-refractivity contribution in [2.45, 2.75) is 123 Å². The molecule has 1 nitrogen and oxygen atoms in total. The standard InChI is InChI=1S/C21H42OSi/c1-8-10-12-14-15-17-19-20(18-16-13-11-9-2)22-23(6,7)21(3,4)5/h1,20H,9-19H2,2-7H3/t20-/m0/s1. The number of hydrogen-bond acceptors (Lipinski definition) is 1. The third-order valence-electron chi connectivity index (χ3n) is 5.24. The van der Waals surface area contributed by atoms with Crippen LogP contribution in [0.1, 0.15) is 98.3 Å². The lowest BCUT2D eigenvalue weighted by molar-refractivity contribution is 0.154. The van der Waals surface area contributed by atoms with Crippen LogP contribution in [-0.2, 0) is 4.43 Å². The lowest BCUT2D eigenvalue weighted by Gasteiger charge is -2.39. The van der Waals surface area contributed by atoms with Gasteiger partial charge in [-0.2, -0.15) is 0 Å². The molecule has 23 heavy (non-hydrogen) atoms. The quantitative estimate of drug-likeness (QED) is 0.194. The molecule has 0 aliphatic rings. The maximum absolute atomic E-state index is 6.72. The predicted octanol–water partition coefficient (Wildman–Crippen LogP) is 7.32. The van der Waals surface area contributed by atoms with Crippen LogP contribution < -0.4 is 0 Å². The molecule has 0 heterocycles. The Morgan fingerprint density at radius 1 is 0.913 bits per heavy atom. The third kappa shape index (κ3) is 11.0. The van der Waals surface area contributed by atoms with E-state index in [0.717, 1.165) is 6.42 Å². The van der Waals surface area contributed by atoms with Crippen LogP contribution in [0.25, 0.3) is 0 Å². The highest BCUT2D eigenvalue weighted by Crippen LogP contribution is 2.38. The zero-order valence-corrected chi connectivity index (χ0v) is 17.8. The van der Waals surface area contributed by atoms with Gasteiger partial charge in [-0.05, 0) is 37.4 Å². The summed E-state index contributed by atoms with van der Waals surface area (Å²) in [5, 5.41) is 0.307. The molecule has 0 N–H and O–H groups in total. The Hall–Kier alpha value is -0.263. The summed E-state index contributed by atoms with van der Waals surface area (Å²) in [5.41, 5.74) is 0. The molecule has 0 aromatic heterocycles. The van der Waals surface area contributed by atoms with E-state index in [9.17, 15) is 0 Å². The topological polar surface area (TPSA) is 9.23 Å². The van der Waals surface area contributed by atoms with E-state index in [4.69, 9.17) is 10.8 Å². The van der Waals surface area contributed by atoms with Gasteiger partial charge < -0.3 is 4.43 Å². The highest BCUT2D eigenvalue weighted by Gasteiger charge is 2.38. The highest BCUT2D eigenvalue weighted by molar-refractivity contribution is 6.74. The molecule has 0 saturated heterocycles. The molecule has 0 aromatic rings. The molecule has 0 amide bonds. The summed E-state index contributed by atoms with van der Waals surface area (Å²) in [5.74, 6) is 2.74. The van der Waals surface area contributed by atoms with Crippen molar-refractivity contribution in [2.24, 2.45) is 0 Å². The van der Waals surface area contributed by atoms with E-state index in [1.54, 1.807) is 0 Å². The van der Waals surface area contributed by atoms with Gasteiger partial charge in [-0.15, -0.1) is 12.3 Å². The average molecular weight is 339 g/mol. The van der Waals surface area contributed by atoms with Crippen molar-refractivity contribution in [3.8, 4) is 12.3 Å². The first-order valence-electron chi connectivity index (χ1n) is 9.86. The monoisotopic (exact) mass is 338 g/mol. The first-order valence-corrected chi connectivity index (χ1v) is 12.8. The van der Waals surface area contributed by atoms with Crippen LogP contribution >= 0.6 is 0 Å². The van der Waals surface area contributed by atoms with Gasteiger partial charge in [0.2, 0.25) is 0 Å². The van der Waals surface area contributed by atoms with Crippen LogP contribution in [0.4, 0.5) is 0 Å². The maximum Gasteiger partial charge on any atom is 0.192 e. The van der Waals surface area contributed by atoms with Crippen molar-refractivity contribution < 1.29 is 4.43 Å². The van der Waals surface area contributed by atoms with Gasteiger partial charge in [-0.1, -0.05) is 72.6 Å². The van der Waals surface area contributed by atoms with Crippen LogP contribution in [0.15, 0.2) is 0 Å². The van der Waals surface area contributed by atoms with Crippen molar-refractivity contribution in [1.29, 1.82) is 0 Å². The smallest absolute Gasteiger partial charge is 0.192 e. The molecule has 0 aliphatic heterocycles. The van der Waals surface area contributed by atoms with Crippen LogP contribution in [0, 0.1) is 12.3 Å². The Morgan fingerprint density at radius 3 is 1.91 bits per heavy atom. The van der Waals surface area contributed by atoms with Gasteiger partial charge in [0.15, 0.2) is 8.32 Å². The summed E-state index contributed by atoms with van der Waals surface area (Å²) in [6.45, 7) is 14.1. The fourth-order valence-corrected chi connectivity index (χ4v) is 4.03. The van der Waals surface area contributed by atoms with Crippen molar-refractivity contribution in [3.63, 3.8) is 0 Å². The van der Waals surface area contributed by atoms with E-state index in [1.807, 2.05) is 0 Å². The molecular weight excluding hydrogens is 296 g/mol. The van der Waals surface area contributed by atoms with Crippen molar-refractivity contribution in [3.05, 3.63) is 0 Å². The van der Waals surface area contributed by atoms with Crippen LogP contribution in [0.3, 0.4) is 0 Å². The summed E-state index contributed by atoms with van der Waals surface area (Å²) in [4.78, 5) is 0. The summed E-state index contributed by atoms with van der Waals surface area (Å²) in [6.07, 6.45) is 19.6. The van der Waals surface area contributed by atoms with Crippen LogP contribution in [0.2, 0.25) is 18.1 Å². The van der Waals surface area contributed by atoms with E-state index < -0.39 is 8.32 Å². The van der Waals surface area contributed by atoms with Crippen LogP contribution in [0.5, 0.6) is 0 Å². The molecule has 1 atom stereocenters. The Bertz CT molecular complexity index is 322. The fourth-order valence-electron chi connectivity index (χ4n) is 2.61. The molecule has 136 valence electrons. The molecule has 0 aliphatic carbocycles. The van der Waals surface area contributed by atoms with Gasteiger partial charge in [0.1, 0.15) is 0 Å². The molecule has 0 fully saturated rings. The first-order chi connectivity index (χ1) is 10.7. The van der Waals surface area contributed by atoms with Gasteiger partial charge >= 0.3 is 0 Å². The van der Waals surface area contributed by atoms with E-state index in [0.29, 0.717) is 11.1 Å². The van der Waals surface area contributed by atoms with Gasteiger partial charge in [0.25, 0.3) is 0 Å². The van der Waals surface area contributed by atoms with Crippen molar-refractivity contribution in [2.75, 3.05) is 0 Å². The molecule has 0 spiro atoms. The van der Waals surface area contributed by atoms with E-state index in [-0.39, 0.29) is 0 Å². The van der Waals surface area contributed by atoms with Gasteiger partial charge in [0.05, 0.1) is 0 Å². The summed E-state index contributed by atoms with van der Waals surface area (Å²) >= 11 is 0. The Balaban J connectivity index is 4.31. The van der Waals surface area contributed by atoms with Crippen molar-refractivity contribution in [1.82, 2.24) is 0 Å². The average Bonchev–Trinajstić information content (AvgIpc) is 2.45. The minimum absolute atomic E-state index is 0.307. The van der Waals surface area contributed by atoms with E-state index >= 15 is 0 Å². The normalized spacial score (nSPS) is 13.8.